The van der Waals surface area contributed by atoms with Gasteiger partial charge in [-0.15, -0.1) is 0 Å². The lowest BCUT2D eigenvalue weighted by Crippen LogP contribution is -2.41. The second kappa shape index (κ2) is 7.26. The number of rotatable bonds is 4. The lowest BCUT2D eigenvalue weighted by molar-refractivity contribution is -0.147. The van der Waals surface area contributed by atoms with Crippen LogP contribution in [0.1, 0.15) is 41.5 Å². The van der Waals surface area contributed by atoms with Crippen LogP contribution in [0, 0.1) is 10.8 Å². The Labute approximate surface area is 151 Å². The maximum atomic E-state index is 12.9. The van der Waals surface area contributed by atoms with E-state index in [9.17, 15) is 4.79 Å². The van der Waals surface area contributed by atoms with E-state index in [0.717, 1.165) is 16.7 Å². The molecule has 0 spiro atoms. The van der Waals surface area contributed by atoms with Crippen molar-refractivity contribution in [1.82, 2.24) is 0 Å². The van der Waals surface area contributed by atoms with Crippen LogP contribution in [0.15, 0.2) is 66.2 Å². The second-order valence-electron chi connectivity index (χ2n) is 7.95. The molecule has 2 aromatic rings. The standard InChI is InChI=1S/C23H28O2/c1-17(2)16-23(6,22(3,4)5)21(24)25-20-14-12-19(13-15-20)18-10-8-7-9-11-18/h7-16H,1-6H3. The fourth-order valence-electron chi connectivity index (χ4n) is 2.72. The number of hydrogen-bond acceptors (Lipinski definition) is 2. The molecular formula is C23H28O2. The van der Waals surface area contributed by atoms with Crippen LogP contribution in [-0.2, 0) is 4.79 Å². The summed E-state index contributed by atoms with van der Waals surface area (Å²) < 4.78 is 5.71. The zero-order chi connectivity index (χ0) is 18.7. The molecule has 0 aromatic heterocycles. The highest BCUT2D eigenvalue weighted by molar-refractivity contribution is 5.82. The van der Waals surface area contributed by atoms with Crippen LogP contribution >= 0.6 is 0 Å². The van der Waals surface area contributed by atoms with Crippen molar-refractivity contribution in [1.29, 1.82) is 0 Å². The van der Waals surface area contributed by atoms with Crippen LogP contribution in [0.25, 0.3) is 11.1 Å². The molecule has 2 rings (SSSR count). The van der Waals surface area contributed by atoms with Gasteiger partial charge in [0.05, 0.1) is 5.41 Å². The van der Waals surface area contributed by atoms with Gasteiger partial charge in [0.2, 0.25) is 0 Å². The first-order valence-electron chi connectivity index (χ1n) is 8.67. The highest BCUT2D eigenvalue weighted by Crippen LogP contribution is 2.42. The Hall–Kier alpha value is -2.35. The van der Waals surface area contributed by atoms with Crippen molar-refractivity contribution in [3.63, 3.8) is 0 Å². The molecule has 2 aromatic carbocycles. The van der Waals surface area contributed by atoms with Crippen LogP contribution in [0.4, 0.5) is 0 Å². The van der Waals surface area contributed by atoms with Crippen molar-refractivity contribution in [2.75, 3.05) is 0 Å². The quantitative estimate of drug-likeness (QED) is 0.373. The predicted molar refractivity (Wildman–Crippen MR) is 105 cm³/mol. The molecule has 25 heavy (non-hydrogen) atoms. The van der Waals surface area contributed by atoms with Crippen LogP contribution in [0.5, 0.6) is 5.75 Å². The van der Waals surface area contributed by atoms with Gasteiger partial charge in [0.25, 0.3) is 0 Å². The first-order chi connectivity index (χ1) is 11.6. The van der Waals surface area contributed by atoms with Crippen LogP contribution < -0.4 is 4.74 Å². The summed E-state index contributed by atoms with van der Waals surface area (Å²) in [6.07, 6.45) is 2.01. The molecule has 0 heterocycles. The zero-order valence-electron chi connectivity index (χ0n) is 16.1. The van der Waals surface area contributed by atoms with E-state index >= 15 is 0 Å². The Balaban J connectivity index is 2.23. The highest BCUT2D eigenvalue weighted by atomic mass is 16.5. The average Bonchev–Trinajstić information content (AvgIpc) is 2.54. The monoisotopic (exact) mass is 336 g/mol. The molecule has 0 bridgehead atoms. The van der Waals surface area contributed by atoms with Crippen molar-refractivity contribution >= 4 is 5.97 Å². The third kappa shape index (κ3) is 4.39. The van der Waals surface area contributed by atoms with Gasteiger partial charge in [-0.25, -0.2) is 0 Å². The number of esters is 1. The van der Waals surface area contributed by atoms with Crippen LogP contribution in [0.2, 0.25) is 0 Å². The SMILES string of the molecule is CC(C)=CC(C)(C(=O)Oc1ccc(-c2ccccc2)cc1)C(C)(C)C. The number of ether oxygens (including phenoxy) is 1. The maximum Gasteiger partial charge on any atom is 0.321 e. The minimum absolute atomic E-state index is 0.228. The van der Waals surface area contributed by atoms with E-state index in [1.807, 2.05) is 69.3 Å². The molecule has 0 aliphatic carbocycles. The highest BCUT2D eigenvalue weighted by Gasteiger charge is 2.44. The summed E-state index contributed by atoms with van der Waals surface area (Å²) in [7, 11) is 0. The Morgan fingerprint density at radius 3 is 1.84 bits per heavy atom. The molecule has 0 saturated heterocycles. The van der Waals surface area contributed by atoms with Crippen molar-refractivity contribution < 1.29 is 9.53 Å². The number of benzene rings is 2. The number of allylic oxidation sites excluding steroid dienone is 1. The van der Waals surface area contributed by atoms with E-state index in [1.54, 1.807) is 0 Å². The lowest BCUT2D eigenvalue weighted by Gasteiger charge is -2.37. The van der Waals surface area contributed by atoms with Gasteiger partial charge in [-0.2, -0.15) is 0 Å². The second-order valence-corrected chi connectivity index (χ2v) is 7.95. The predicted octanol–water partition coefficient (Wildman–Crippen LogP) is 6.28. The molecule has 2 nitrogen and oxygen atoms in total. The van der Waals surface area contributed by atoms with Gasteiger partial charge in [0.15, 0.2) is 0 Å². The third-order valence-electron chi connectivity index (χ3n) is 4.73. The largest absolute Gasteiger partial charge is 0.426 e. The molecule has 1 unspecified atom stereocenters. The summed E-state index contributed by atoms with van der Waals surface area (Å²) in [6, 6.07) is 17.8. The van der Waals surface area contributed by atoms with Gasteiger partial charge in [-0.1, -0.05) is 74.9 Å². The first-order valence-corrected chi connectivity index (χ1v) is 8.67. The zero-order valence-corrected chi connectivity index (χ0v) is 16.1. The summed E-state index contributed by atoms with van der Waals surface area (Å²) in [5, 5.41) is 0. The molecule has 0 fully saturated rings. The molecule has 132 valence electrons. The lowest BCUT2D eigenvalue weighted by atomic mass is 9.67. The van der Waals surface area contributed by atoms with E-state index in [2.05, 4.69) is 32.9 Å². The van der Waals surface area contributed by atoms with E-state index < -0.39 is 5.41 Å². The van der Waals surface area contributed by atoms with E-state index in [1.165, 1.54) is 0 Å². The topological polar surface area (TPSA) is 26.3 Å². The van der Waals surface area contributed by atoms with Gasteiger partial charge in [-0.05, 0) is 49.4 Å². The Kier molecular flexibility index (Phi) is 5.52. The van der Waals surface area contributed by atoms with Gasteiger partial charge >= 0.3 is 5.97 Å². The minimum atomic E-state index is -0.691. The smallest absolute Gasteiger partial charge is 0.321 e. The summed E-state index contributed by atoms with van der Waals surface area (Å²) in [6.45, 7) is 12.1. The molecule has 0 radical (unpaired) electrons. The maximum absolute atomic E-state index is 12.9. The number of carbonyl (C=O) groups is 1. The van der Waals surface area contributed by atoms with Gasteiger partial charge in [-0.3, -0.25) is 4.79 Å². The van der Waals surface area contributed by atoms with Crippen molar-refractivity contribution in [2.45, 2.75) is 41.5 Å². The summed E-state index contributed by atoms with van der Waals surface area (Å²) >= 11 is 0. The van der Waals surface area contributed by atoms with Gasteiger partial charge < -0.3 is 4.74 Å². The summed E-state index contributed by atoms with van der Waals surface area (Å²) in [5.41, 5.74) is 2.41. The van der Waals surface area contributed by atoms with Crippen molar-refractivity contribution in [3.8, 4) is 16.9 Å². The summed E-state index contributed by atoms with van der Waals surface area (Å²) in [5.74, 6) is 0.343. The average molecular weight is 336 g/mol. The normalized spacial score (nSPS) is 13.7. The molecule has 0 aliphatic heterocycles. The molecule has 0 aliphatic rings. The van der Waals surface area contributed by atoms with E-state index in [4.69, 9.17) is 4.74 Å². The van der Waals surface area contributed by atoms with E-state index in [0.29, 0.717) is 5.75 Å². The molecule has 0 N–H and O–H groups in total. The first kappa shape index (κ1) is 19.0. The van der Waals surface area contributed by atoms with Crippen LogP contribution in [-0.4, -0.2) is 5.97 Å². The Morgan fingerprint density at radius 1 is 0.840 bits per heavy atom. The molecule has 0 saturated carbocycles. The fraction of sp³-hybridized carbons (Fsp3) is 0.348. The van der Waals surface area contributed by atoms with Gasteiger partial charge in [0, 0.05) is 0 Å². The Bertz CT molecular complexity index is 745. The molecule has 1 atom stereocenters. The minimum Gasteiger partial charge on any atom is -0.426 e. The van der Waals surface area contributed by atoms with Gasteiger partial charge in [0.1, 0.15) is 5.75 Å². The summed E-state index contributed by atoms with van der Waals surface area (Å²) in [4.78, 5) is 12.9. The van der Waals surface area contributed by atoms with Crippen molar-refractivity contribution in [3.05, 3.63) is 66.2 Å². The van der Waals surface area contributed by atoms with Crippen molar-refractivity contribution in [2.24, 2.45) is 10.8 Å². The fourth-order valence-corrected chi connectivity index (χ4v) is 2.72. The van der Waals surface area contributed by atoms with Crippen LogP contribution in [0.3, 0.4) is 0 Å². The Morgan fingerprint density at radius 2 is 1.36 bits per heavy atom. The molecular weight excluding hydrogens is 308 g/mol. The van der Waals surface area contributed by atoms with E-state index in [-0.39, 0.29) is 11.4 Å². The number of hydrogen-bond donors (Lipinski definition) is 0. The molecule has 2 heteroatoms. The number of carbonyl (C=O) groups excluding carboxylic acids is 1. The molecule has 0 amide bonds. The third-order valence-corrected chi connectivity index (χ3v) is 4.73.